The molecule has 1 aromatic heterocycles. The zero-order valence-electron chi connectivity index (χ0n) is 11.5. The van der Waals surface area contributed by atoms with Gasteiger partial charge in [0.15, 0.2) is 0 Å². The minimum atomic E-state index is 0.301. The quantitative estimate of drug-likeness (QED) is 0.736. The molecule has 1 aromatic rings. The van der Waals surface area contributed by atoms with Crippen LogP contribution in [0.3, 0.4) is 0 Å². The van der Waals surface area contributed by atoms with Crippen LogP contribution in [-0.2, 0) is 6.54 Å². The van der Waals surface area contributed by atoms with Crippen molar-refractivity contribution in [3.8, 4) is 0 Å². The summed E-state index contributed by atoms with van der Waals surface area (Å²) in [5.74, 6) is 3.27. The number of nitrogens with two attached hydrogens (primary N) is 1. The number of aromatic nitrogens is 3. The van der Waals surface area contributed by atoms with Crippen molar-refractivity contribution < 1.29 is 0 Å². The van der Waals surface area contributed by atoms with Crippen LogP contribution in [0.25, 0.3) is 0 Å². The lowest BCUT2D eigenvalue weighted by molar-refractivity contribution is 0.298. The van der Waals surface area contributed by atoms with Gasteiger partial charge in [0, 0.05) is 27.2 Å². The van der Waals surface area contributed by atoms with Crippen LogP contribution in [0.15, 0.2) is 0 Å². The predicted molar refractivity (Wildman–Crippen MR) is 73.7 cm³/mol. The Morgan fingerprint density at radius 2 is 1.89 bits per heavy atom. The molecule has 3 N–H and O–H groups in total. The smallest absolute Gasteiger partial charge is 0.229 e. The first-order valence-electron chi connectivity index (χ1n) is 6.72. The van der Waals surface area contributed by atoms with Crippen molar-refractivity contribution in [3.05, 3.63) is 5.82 Å². The van der Waals surface area contributed by atoms with Gasteiger partial charge in [0.05, 0.1) is 6.54 Å². The van der Waals surface area contributed by atoms with Gasteiger partial charge in [-0.25, -0.2) is 0 Å². The molecule has 3 rings (SSSR count). The highest BCUT2D eigenvalue weighted by Crippen LogP contribution is 2.27. The summed E-state index contributed by atoms with van der Waals surface area (Å²) in [5.41, 5.74) is 5.75. The highest BCUT2D eigenvalue weighted by Gasteiger charge is 2.36. The number of hydrogen-bond acceptors (Lipinski definition) is 7. The standard InChI is InChI=1S/C12H21N7/c1-18(2)12-16-10(15-11(13)17-12)7-19-5-8-3-14-4-9(8)6-19/h8-9,14H,3-7H2,1-2H3,(H2,13,15,16,17)/t8-,9+. The maximum absolute atomic E-state index is 5.75. The number of likely N-dealkylation sites (tertiary alicyclic amines) is 1. The highest BCUT2D eigenvalue weighted by molar-refractivity contribution is 5.32. The Hall–Kier alpha value is -1.47. The highest BCUT2D eigenvalue weighted by atomic mass is 15.3. The predicted octanol–water partition coefficient (Wildman–Crippen LogP) is -0.829. The number of anilines is 2. The first-order valence-corrected chi connectivity index (χ1v) is 6.72. The molecule has 0 aliphatic carbocycles. The van der Waals surface area contributed by atoms with E-state index in [0.29, 0.717) is 11.9 Å². The second kappa shape index (κ2) is 4.90. The molecule has 2 saturated heterocycles. The van der Waals surface area contributed by atoms with Crippen molar-refractivity contribution in [3.63, 3.8) is 0 Å². The fourth-order valence-electron chi connectivity index (χ4n) is 2.98. The summed E-state index contributed by atoms with van der Waals surface area (Å²) < 4.78 is 0. The van der Waals surface area contributed by atoms with Crippen LogP contribution in [0.1, 0.15) is 5.82 Å². The maximum atomic E-state index is 5.75. The molecular weight excluding hydrogens is 242 g/mol. The summed E-state index contributed by atoms with van der Waals surface area (Å²) in [4.78, 5) is 17.1. The van der Waals surface area contributed by atoms with E-state index in [1.807, 2.05) is 19.0 Å². The molecule has 0 aromatic carbocycles. The zero-order valence-corrected chi connectivity index (χ0v) is 11.5. The van der Waals surface area contributed by atoms with Crippen molar-refractivity contribution in [2.75, 3.05) is 50.9 Å². The van der Waals surface area contributed by atoms with Gasteiger partial charge in [-0.3, -0.25) is 4.90 Å². The van der Waals surface area contributed by atoms with E-state index in [1.54, 1.807) is 0 Å². The largest absolute Gasteiger partial charge is 0.368 e. The second-order valence-corrected chi connectivity index (χ2v) is 5.68. The van der Waals surface area contributed by atoms with Crippen LogP contribution in [0.4, 0.5) is 11.9 Å². The fourth-order valence-corrected chi connectivity index (χ4v) is 2.98. The van der Waals surface area contributed by atoms with Crippen molar-refractivity contribution in [1.29, 1.82) is 0 Å². The molecule has 2 fully saturated rings. The van der Waals surface area contributed by atoms with E-state index in [0.717, 1.165) is 50.4 Å². The van der Waals surface area contributed by atoms with E-state index in [1.165, 1.54) is 0 Å². The molecule has 3 heterocycles. The van der Waals surface area contributed by atoms with E-state index in [9.17, 15) is 0 Å². The van der Waals surface area contributed by atoms with E-state index in [2.05, 4.69) is 25.2 Å². The molecule has 7 heteroatoms. The summed E-state index contributed by atoms with van der Waals surface area (Å²) in [6.07, 6.45) is 0. The molecule has 104 valence electrons. The van der Waals surface area contributed by atoms with Crippen molar-refractivity contribution in [2.24, 2.45) is 11.8 Å². The lowest BCUT2D eigenvalue weighted by Crippen LogP contribution is -2.27. The van der Waals surface area contributed by atoms with Crippen molar-refractivity contribution in [1.82, 2.24) is 25.2 Å². The van der Waals surface area contributed by atoms with Gasteiger partial charge in [0.25, 0.3) is 0 Å². The Balaban J connectivity index is 1.70. The molecule has 0 radical (unpaired) electrons. The molecule has 0 saturated carbocycles. The van der Waals surface area contributed by atoms with Crippen LogP contribution in [0.5, 0.6) is 0 Å². The molecule has 0 unspecified atom stereocenters. The van der Waals surface area contributed by atoms with Crippen LogP contribution < -0.4 is 16.0 Å². The van der Waals surface area contributed by atoms with E-state index in [4.69, 9.17) is 5.73 Å². The lowest BCUT2D eigenvalue weighted by atomic mass is 10.0. The van der Waals surface area contributed by atoms with Gasteiger partial charge in [0.1, 0.15) is 5.82 Å². The van der Waals surface area contributed by atoms with Crippen LogP contribution in [0.2, 0.25) is 0 Å². The van der Waals surface area contributed by atoms with Gasteiger partial charge < -0.3 is 16.0 Å². The Labute approximate surface area is 113 Å². The minimum absolute atomic E-state index is 0.301. The van der Waals surface area contributed by atoms with Gasteiger partial charge in [-0.15, -0.1) is 0 Å². The van der Waals surface area contributed by atoms with Crippen molar-refractivity contribution in [2.45, 2.75) is 6.54 Å². The summed E-state index contributed by atoms with van der Waals surface area (Å²) in [5, 5.41) is 3.45. The average molecular weight is 263 g/mol. The number of hydrogen-bond donors (Lipinski definition) is 2. The molecule has 7 nitrogen and oxygen atoms in total. The second-order valence-electron chi connectivity index (χ2n) is 5.68. The molecular formula is C12H21N7. The average Bonchev–Trinajstić information content (AvgIpc) is 2.88. The first-order chi connectivity index (χ1) is 9.11. The topological polar surface area (TPSA) is 83.2 Å². The van der Waals surface area contributed by atoms with E-state index < -0.39 is 0 Å². The van der Waals surface area contributed by atoms with Crippen LogP contribution in [-0.4, -0.2) is 60.1 Å². The number of nitrogens with zero attached hydrogens (tertiary/aromatic N) is 5. The monoisotopic (exact) mass is 263 g/mol. The third-order valence-electron chi connectivity index (χ3n) is 3.92. The Bertz CT molecular complexity index is 449. The summed E-state index contributed by atoms with van der Waals surface area (Å²) >= 11 is 0. The maximum Gasteiger partial charge on any atom is 0.229 e. The number of nitrogens with one attached hydrogen (secondary N) is 1. The Morgan fingerprint density at radius 3 is 2.53 bits per heavy atom. The third-order valence-corrected chi connectivity index (χ3v) is 3.92. The number of fused-ring (bicyclic) bond motifs is 1. The SMILES string of the molecule is CN(C)c1nc(N)nc(CN2C[C@H]3CNC[C@H]3C2)n1. The number of rotatable bonds is 3. The number of nitrogen functional groups attached to an aromatic ring is 1. The molecule has 2 atom stereocenters. The summed E-state index contributed by atoms with van der Waals surface area (Å²) in [6.45, 7) is 5.30. The molecule has 2 aliphatic heterocycles. The molecule has 2 aliphatic rings. The van der Waals surface area contributed by atoms with Gasteiger partial charge in [-0.2, -0.15) is 15.0 Å². The molecule has 0 amide bonds. The summed E-state index contributed by atoms with van der Waals surface area (Å²) in [6, 6.07) is 0. The summed E-state index contributed by atoms with van der Waals surface area (Å²) in [7, 11) is 3.81. The van der Waals surface area contributed by atoms with Crippen LogP contribution >= 0.6 is 0 Å². The van der Waals surface area contributed by atoms with Gasteiger partial charge in [-0.1, -0.05) is 0 Å². The van der Waals surface area contributed by atoms with E-state index in [-0.39, 0.29) is 0 Å². The third kappa shape index (κ3) is 2.62. The zero-order chi connectivity index (χ0) is 13.4. The van der Waals surface area contributed by atoms with Gasteiger partial charge in [-0.05, 0) is 24.9 Å². The fraction of sp³-hybridized carbons (Fsp3) is 0.750. The normalized spacial score (nSPS) is 26.6. The molecule has 0 bridgehead atoms. The lowest BCUT2D eigenvalue weighted by Gasteiger charge is -2.17. The van der Waals surface area contributed by atoms with Gasteiger partial charge in [0.2, 0.25) is 11.9 Å². The minimum Gasteiger partial charge on any atom is -0.368 e. The Kier molecular flexibility index (Phi) is 3.24. The molecule has 0 spiro atoms. The molecule has 19 heavy (non-hydrogen) atoms. The van der Waals surface area contributed by atoms with Crippen molar-refractivity contribution >= 4 is 11.9 Å². The van der Waals surface area contributed by atoms with E-state index >= 15 is 0 Å². The van der Waals surface area contributed by atoms with Gasteiger partial charge >= 0.3 is 0 Å². The first kappa shape index (κ1) is 12.6. The Morgan fingerprint density at radius 1 is 1.21 bits per heavy atom. The van der Waals surface area contributed by atoms with Crippen LogP contribution in [0, 0.1) is 11.8 Å².